The molecule has 0 radical (unpaired) electrons. The van der Waals surface area contributed by atoms with Gasteiger partial charge in [-0.25, -0.2) is 4.79 Å². The lowest BCUT2D eigenvalue weighted by molar-refractivity contribution is 0.0690. The fourth-order valence-electron chi connectivity index (χ4n) is 2.38. The monoisotopic (exact) mass is 372 g/mol. The van der Waals surface area contributed by atoms with Gasteiger partial charge >= 0.3 is 12.0 Å². The molecular weight excluding hydrogens is 356 g/mol. The highest BCUT2D eigenvalue weighted by atomic mass is 32.1. The fraction of sp³-hybridized carbons (Fsp3) is 0.176. The third-order valence-corrected chi connectivity index (χ3v) is 4.53. The van der Waals surface area contributed by atoms with Gasteiger partial charge in [0.25, 0.3) is 5.91 Å². The number of carboxylic acid groups (broad SMARTS) is 1. The molecule has 0 aliphatic heterocycles. The topological polar surface area (TPSA) is 117 Å². The van der Waals surface area contributed by atoms with Crippen LogP contribution in [0.5, 0.6) is 0 Å². The van der Waals surface area contributed by atoms with Crippen molar-refractivity contribution in [1.82, 2.24) is 9.36 Å². The van der Waals surface area contributed by atoms with Crippen LogP contribution in [0.15, 0.2) is 34.9 Å². The molecule has 0 unspecified atom stereocenters. The molecule has 3 rings (SSSR count). The van der Waals surface area contributed by atoms with Crippen molar-refractivity contribution in [3.63, 3.8) is 0 Å². The molecule has 0 bridgehead atoms. The molecule has 3 aromatic rings. The molecule has 0 saturated heterocycles. The maximum Gasteiger partial charge on any atom is 0.357 e. The Morgan fingerprint density at radius 1 is 1.31 bits per heavy atom. The molecule has 134 valence electrons. The predicted molar refractivity (Wildman–Crippen MR) is 97.4 cm³/mol. The predicted octanol–water partition coefficient (Wildman–Crippen LogP) is 3.70. The van der Waals surface area contributed by atoms with Crippen molar-refractivity contribution in [2.75, 3.05) is 10.6 Å². The maximum atomic E-state index is 12.8. The van der Waals surface area contributed by atoms with Crippen molar-refractivity contribution >= 4 is 40.1 Å². The Morgan fingerprint density at radius 3 is 2.77 bits per heavy atom. The van der Waals surface area contributed by atoms with Gasteiger partial charge in [0.15, 0.2) is 5.69 Å². The van der Waals surface area contributed by atoms with E-state index in [4.69, 9.17) is 9.52 Å². The number of hydrogen-bond donors (Lipinski definition) is 3. The zero-order valence-electron chi connectivity index (χ0n) is 14.1. The average Bonchev–Trinajstić information content (AvgIpc) is 3.23. The number of aromatic nitrogens is 2. The highest BCUT2D eigenvalue weighted by Gasteiger charge is 2.21. The lowest BCUT2D eigenvalue weighted by atomic mass is 10.1. The minimum absolute atomic E-state index is 0.0194. The Balaban J connectivity index is 1.84. The molecule has 1 aromatic carbocycles. The van der Waals surface area contributed by atoms with Crippen molar-refractivity contribution in [3.8, 4) is 0 Å². The van der Waals surface area contributed by atoms with Gasteiger partial charge in [0.2, 0.25) is 0 Å². The lowest BCUT2D eigenvalue weighted by Crippen LogP contribution is -2.15. The Morgan fingerprint density at radius 2 is 2.08 bits per heavy atom. The third kappa shape index (κ3) is 3.57. The summed E-state index contributed by atoms with van der Waals surface area (Å²) in [5.74, 6) is -1.51. The number of para-hydroxylation sites is 1. The van der Waals surface area contributed by atoms with Crippen LogP contribution in [-0.4, -0.2) is 26.3 Å². The number of aryl methyl sites for hydroxylation is 2. The first-order chi connectivity index (χ1) is 12.5. The van der Waals surface area contributed by atoms with Crippen molar-refractivity contribution in [1.29, 1.82) is 0 Å². The number of aromatic carboxylic acids is 1. The van der Waals surface area contributed by atoms with Gasteiger partial charge in [0.05, 0.1) is 11.3 Å². The van der Waals surface area contributed by atoms with Gasteiger partial charge in [0.1, 0.15) is 11.3 Å². The molecule has 0 saturated carbocycles. The number of oxazole rings is 1. The SMILES string of the molecule is CCc1ccccc1NC(=O)c1c(C)nsc1Nc1nc(C(=O)O)co1. The van der Waals surface area contributed by atoms with Gasteiger partial charge in [-0.15, -0.1) is 0 Å². The van der Waals surface area contributed by atoms with Crippen LogP contribution in [0, 0.1) is 6.92 Å². The zero-order valence-corrected chi connectivity index (χ0v) is 14.9. The minimum atomic E-state index is -1.20. The van der Waals surface area contributed by atoms with Crippen molar-refractivity contribution in [3.05, 3.63) is 53.0 Å². The van der Waals surface area contributed by atoms with E-state index < -0.39 is 5.97 Å². The smallest absolute Gasteiger partial charge is 0.357 e. The van der Waals surface area contributed by atoms with E-state index in [1.807, 2.05) is 31.2 Å². The van der Waals surface area contributed by atoms with Gasteiger partial charge in [-0.05, 0) is 36.5 Å². The number of carboxylic acids is 1. The molecule has 0 aliphatic carbocycles. The third-order valence-electron chi connectivity index (χ3n) is 3.68. The van der Waals surface area contributed by atoms with E-state index in [2.05, 4.69) is 20.0 Å². The Hall–Kier alpha value is -3.20. The normalized spacial score (nSPS) is 10.5. The summed E-state index contributed by atoms with van der Waals surface area (Å²) in [6.07, 6.45) is 1.81. The van der Waals surface area contributed by atoms with Gasteiger partial charge in [-0.3, -0.25) is 10.1 Å². The fourth-order valence-corrected chi connectivity index (χ4v) is 3.17. The number of benzene rings is 1. The number of carbonyl (C=O) groups is 2. The second-order valence-corrected chi connectivity index (χ2v) is 6.18. The van der Waals surface area contributed by atoms with Crippen LogP contribution in [0.25, 0.3) is 0 Å². The number of nitrogens with one attached hydrogen (secondary N) is 2. The quantitative estimate of drug-likeness (QED) is 0.604. The summed E-state index contributed by atoms with van der Waals surface area (Å²) in [5, 5.41) is 15.0. The summed E-state index contributed by atoms with van der Waals surface area (Å²) in [7, 11) is 0. The summed E-state index contributed by atoms with van der Waals surface area (Å²) >= 11 is 1.07. The van der Waals surface area contributed by atoms with E-state index in [1.165, 1.54) is 0 Å². The maximum absolute atomic E-state index is 12.8. The highest BCUT2D eigenvalue weighted by molar-refractivity contribution is 7.10. The van der Waals surface area contributed by atoms with Gasteiger partial charge in [0, 0.05) is 5.69 Å². The first-order valence-corrected chi connectivity index (χ1v) is 8.58. The van der Waals surface area contributed by atoms with Crippen LogP contribution >= 0.6 is 11.5 Å². The molecule has 2 aromatic heterocycles. The van der Waals surface area contributed by atoms with E-state index in [0.717, 1.165) is 35.5 Å². The Bertz CT molecular complexity index is 963. The first-order valence-electron chi connectivity index (χ1n) is 7.81. The van der Waals surface area contributed by atoms with E-state index in [1.54, 1.807) is 6.92 Å². The van der Waals surface area contributed by atoms with Crippen LogP contribution < -0.4 is 10.6 Å². The van der Waals surface area contributed by atoms with Crippen molar-refractivity contribution in [2.24, 2.45) is 0 Å². The summed E-state index contributed by atoms with van der Waals surface area (Å²) in [4.78, 5) is 27.4. The number of rotatable bonds is 6. The molecular formula is C17H16N4O4S. The zero-order chi connectivity index (χ0) is 18.7. The summed E-state index contributed by atoms with van der Waals surface area (Å²) < 4.78 is 9.27. The second-order valence-electron chi connectivity index (χ2n) is 5.40. The molecule has 0 spiro atoms. The molecule has 0 atom stereocenters. The van der Waals surface area contributed by atoms with Gasteiger partial charge < -0.3 is 14.8 Å². The van der Waals surface area contributed by atoms with Crippen LogP contribution in [0.1, 0.15) is 39.0 Å². The van der Waals surface area contributed by atoms with Crippen molar-refractivity contribution in [2.45, 2.75) is 20.3 Å². The van der Waals surface area contributed by atoms with Crippen LogP contribution in [0.4, 0.5) is 16.7 Å². The number of carbonyl (C=O) groups excluding carboxylic acids is 1. The second kappa shape index (κ2) is 7.36. The molecule has 3 N–H and O–H groups in total. The Kier molecular flexibility index (Phi) is 4.99. The van der Waals surface area contributed by atoms with Crippen LogP contribution in [0.2, 0.25) is 0 Å². The van der Waals surface area contributed by atoms with E-state index in [0.29, 0.717) is 16.3 Å². The number of nitrogens with zero attached hydrogens (tertiary/aromatic N) is 2. The van der Waals surface area contributed by atoms with E-state index in [9.17, 15) is 9.59 Å². The largest absolute Gasteiger partial charge is 0.476 e. The van der Waals surface area contributed by atoms with Gasteiger partial charge in [-0.2, -0.15) is 9.36 Å². The van der Waals surface area contributed by atoms with Gasteiger partial charge in [-0.1, -0.05) is 25.1 Å². The van der Waals surface area contributed by atoms with Crippen LogP contribution in [-0.2, 0) is 6.42 Å². The minimum Gasteiger partial charge on any atom is -0.476 e. The molecule has 0 fully saturated rings. The number of amides is 1. The summed E-state index contributed by atoms with van der Waals surface area (Å²) in [6, 6.07) is 7.54. The average molecular weight is 372 g/mol. The summed E-state index contributed by atoms with van der Waals surface area (Å²) in [6.45, 7) is 3.73. The van der Waals surface area contributed by atoms with E-state index >= 15 is 0 Å². The molecule has 9 heteroatoms. The van der Waals surface area contributed by atoms with E-state index in [-0.39, 0.29) is 17.6 Å². The lowest BCUT2D eigenvalue weighted by Gasteiger charge is -2.10. The number of anilines is 3. The standard InChI is InChI=1S/C17H16N4O4S/c1-3-10-6-4-5-7-11(10)18-14(22)13-9(2)21-26-15(13)20-17-19-12(8-25-17)16(23)24/h4-8H,3H2,1-2H3,(H,18,22)(H,19,20)(H,23,24). The van der Waals surface area contributed by atoms with Crippen LogP contribution in [0.3, 0.4) is 0 Å². The molecule has 0 aliphatic rings. The first kappa shape index (κ1) is 17.6. The molecule has 2 heterocycles. The summed E-state index contributed by atoms with van der Waals surface area (Å²) in [5.41, 5.74) is 2.44. The van der Waals surface area contributed by atoms with Crippen molar-refractivity contribution < 1.29 is 19.1 Å². The molecule has 8 nitrogen and oxygen atoms in total. The molecule has 26 heavy (non-hydrogen) atoms. The highest BCUT2D eigenvalue weighted by Crippen LogP contribution is 2.29. The Labute approximate surface area is 153 Å². The molecule has 1 amide bonds. The number of hydrogen-bond acceptors (Lipinski definition) is 7.